The predicted molar refractivity (Wildman–Crippen MR) is 448 cm³/mol. The van der Waals surface area contributed by atoms with Crippen LogP contribution in [0.4, 0.5) is 15.5 Å². The van der Waals surface area contributed by atoms with Gasteiger partial charge in [-0.25, -0.2) is 9.59 Å². The Morgan fingerprint density at radius 2 is 1.30 bits per heavy atom. The van der Waals surface area contributed by atoms with Gasteiger partial charge in [0.1, 0.15) is 19.4 Å². The van der Waals surface area contributed by atoms with Crippen LogP contribution in [0, 0.1) is 6.57 Å². The molecule has 0 radical (unpaired) electrons. The molecule has 32 heteroatoms. The fourth-order valence-electron chi connectivity index (χ4n) is 16.0. The third kappa shape index (κ3) is 19.2. The zero-order valence-corrected chi connectivity index (χ0v) is 67.6. The molecule has 3 aliphatic heterocycles. The average molecular weight is 1670 g/mol. The van der Waals surface area contributed by atoms with Crippen LogP contribution in [0.3, 0.4) is 0 Å². The summed E-state index contributed by atoms with van der Waals surface area (Å²) in [7, 11) is -0.296. The molecule has 2 aliphatic carbocycles. The number of aromatic amines is 1. The number of alkyl carbamates (subject to hydrolysis) is 1. The molecule has 0 bridgehead atoms. The number of ether oxygens (including phenoxy) is 7. The standard InChI is InChI=1S/C89H95N12O19P/c1-90-43-46-116-121(110,117-53-74-72(102)47-79(118-74)100-45-41-76(95-86(100)107)94-77(103)27-16-44-99(2)88(109)114-51-71-68-25-14-10-21-64(68)65-22-11-15-26-69(65)71)120-73-48-80(119-75(73)52-115-89(57-17-6-5-7-18-57,58-32-36-60(111-3)37-33-58)59-34-38-61(112-4)39-35-59)101-54-93-81-82(101)97-85(98-84(81)106)96-78(104)40-42-91-83(105)56-30-28-55(29-31-56)49-92-87(108)113-50-70-66-23-12-8-19-62(66)63-20-9-13-24-67(63)70/h5-15,17-26,28-39,41,45,54,70-75,78-80,83,86,91,102,104-105,107,110,121H,16,27,40,42-44,46-53H2,2-4H3,(H,92,108)(H,94,95,103)(H2,96,97,98,106)/t72?,73?,74-,75?,78?,79?,80-,83?,86?/m1/s1. The van der Waals surface area contributed by atoms with Gasteiger partial charge in [0.2, 0.25) is 0 Å². The van der Waals surface area contributed by atoms with Crippen molar-refractivity contribution in [2.45, 2.75) is 112 Å². The summed E-state index contributed by atoms with van der Waals surface area (Å²) >= 11 is 0. The van der Waals surface area contributed by atoms with Crippen molar-refractivity contribution in [3.8, 4) is 33.8 Å². The number of aliphatic hydroxyl groups excluding tert-OH is 4. The van der Waals surface area contributed by atoms with E-state index in [2.05, 4.69) is 77.5 Å². The number of H-pyrrole nitrogens is 1. The number of aromatic nitrogens is 4. The van der Waals surface area contributed by atoms with E-state index in [1.807, 2.05) is 140 Å². The van der Waals surface area contributed by atoms with Crippen LogP contribution in [0.2, 0.25) is 0 Å². The van der Waals surface area contributed by atoms with E-state index in [0.717, 1.165) is 50.1 Å². The Labute approximate surface area is 697 Å². The summed E-state index contributed by atoms with van der Waals surface area (Å²) in [5, 5.41) is 56.9. The van der Waals surface area contributed by atoms with Crippen molar-refractivity contribution in [1.82, 2.24) is 45.3 Å². The zero-order chi connectivity index (χ0) is 84.2. The normalized spacial score (nSPS) is 19.2. The molecule has 2 fully saturated rings. The molecule has 3 amide bonds. The van der Waals surface area contributed by atoms with E-state index >= 15 is 0 Å². The molecular formula is C89H95N12O19P. The molecular weight excluding hydrogens is 1570 g/mol. The Hall–Kier alpha value is -11.8. The van der Waals surface area contributed by atoms with Gasteiger partial charge in [-0.2, -0.15) is 0 Å². The van der Waals surface area contributed by atoms with E-state index in [9.17, 15) is 44.5 Å². The molecule has 10 aromatic rings. The van der Waals surface area contributed by atoms with Gasteiger partial charge < -0.3 is 24.8 Å². The fourth-order valence-corrected chi connectivity index (χ4v) is 17.6. The van der Waals surface area contributed by atoms with Gasteiger partial charge in [0, 0.05) is 32.0 Å². The average Bonchev–Trinajstić information content (AvgIpc) is 1.42. The number of benzene rings is 8. The first-order chi connectivity index (χ1) is 58.9. The van der Waals surface area contributed by atoms with Crippen LogP contribution < -0.4 is 36.3 Å². The van der Waals surface area contributed by atoms with E-state index in [1.54, 1.807) is 45.5 Å². The molecule has 0 saturated carbocycles. The molecule has 5 heterocycles. The number of imidazole rings is 1. The Kier molecular flexibility index (Phi) is 26.6. The van der Waals surface area contributed by atoms with Gasteiger partial charge in [-0.15, -0.1) is 0 Å². The molecule has 31 nitrogen and oxygen atoms in total. The molecule has 15 rings (SSSR count). The summed E-state index contributed by atoms with van der Waals surface area (Å²) in [5.41, 5.74) is 10.1. The van der Waals surface area contributed by atoms with Gasteiger partial charge >= 0.3 is 427 Å². The number of hydrogen-bond donors (Lipinski definition) is 10. The summed E-state index contributed by atoms with van der Waals surface area (Å²) in [6, 6.07) is 63.6. The molecule has 7 unspecified atom stereocenters. The van der Waals surface area contributed by atoms with Crippen LogP contribution in [0.5, 0.6) is 11.5 Å². The van der Waals surface area contributed by atoms with Crippen molar-refractivity contribution in [1.29, 1.82) is 0 Å². The van der Waals surface area contributed by atoms with Gasteiger partial charge in [-0.05, 0) is 62.1 Å². The predicted octanol–water partition coefficient (Wildman–Crippen LogP) is 10.4. The first-order valence-electron chi connectivity index (χ1n) is 39.9. The second-order valence-corrected chi connectivity index (χ2v) is 31.7. The number of aliphatic imine (C=N–C) groups is 1. The number of aliphatic hydroxyl groups is 4. The quantitative estimate of drug-likeness (QED) is 0.00580. The van der Waals surface area contributed by atoms with Crippen LogP contribution in [-0.2, 0) is 54.2 Å². The van der Waals surface area contributed by atoms with Crippen LogP contribution in [0.25, 0.3) is 38.3 Å². The van der Waals surface area contributed by atoms with Crippen molar-refractivity contribution in [2.24, 2.45) is 4.99 Å². The number of fused-ring (bicyclic) bond motifs is 7. The number of rotatable bonds is 35. The Morgan fingerprint density at radius 3 is 1.90 bits per heavy atom. The molecule has 8 aromatic carbocycles. The first-order valence-corrected chi connectivity index (χ1v) is 41.6. The van der Waals surface area contributed by atoms with E-state index in [1.165, 1.54) is 33.0 Å². The van der Waals surface area contributed by atoms with Gasteiger partial charge in [0.15, 0.2) is 0 Å². The van der Waals surface area contributed by atoms with Crippen LogP contribution in [-0.4, -0.2) is 196 Å². The molecule has 9 atom stereocenters. The Morgan fingerprint density at radius 1 is 0.711 bits per heavy atom. The van der Waals surface area contributed by atoms with Crippen LogP contribution in [0.1, 0.15) is 106 Å². The maximum atomic E-state index is 13.9. The van der Waals surface area contributed by atoms with Crippen molar-refractivity contribution in [2.75, 3.05) is 79.3 Å². The van der Waals surface area contributed by atoms with Crippen molar-refractivity contribution in [3.05, 3.63) is 291 Å². The van der Waals surface area contributed by atoms with E-state index < -0.39 is 99.7 Å². The second-order valence-electron chi connectivity index (χ2n) is 29.8. The molecule has 5 aliphatic rings. The number of amidine groups is 1. The number of hydrogen-bond acceptors (Lipinski definition) is 25. The first kappa shape index (κ1) is 84.2. The number of anilines is 1. The van der Waals surface area contributed by atoms with E-state index in [0.29, 0.717) is 40.2 Å². The minimum atomic E-state index is -5.04. The minimum absolute atomic E-state index is 0.0135. The van der Waals surface area contributed by atoms with Gasteiger partial charge in [0.25, 0.3) is 0 Å². The van der Waals surface area contributed by atoms with Crippen molar-refractivity contribution < 1.29 is 86.4 Å². The molecule has 2 saturated heterocycles. The van der Waals surface area contributed by atoms with Gasteiger partial charge in [0.05, 0.1) is 0 Å². The van der Waals surface area contributed by atoms with Crippen molar-refractivity contribution >= 4 is 49.2 Å². The van der Waals surface area contributed by atoms with E-state index in [4.69, 9.17) is 58.3 Å². The Bertz CT molecular complexity index is 5310. The van der Waals surface area contributed by atoms with Crippen LogP contribution >= 0.6 is 8.17 Å². The fraction of sp³-hybridized carbons (Fsp3) is 0.326. The third-order valence-corrected chi connectivity index (χ3v) is 23.9. The molecule has 2 aromatic heterocycles. The summed E-state index contributed by atoms with van der Waals surface area (Å²) < 4.78 is 63.8. The van der Waals surface area contributed by atoms with E-state index in [-0.39, 0.29) is 113 Å². The number of nitrogens with zero attached hydrogens (tertiary/aromatic N) is 7. The number of carbonyl (C=O) groups excluding carboxylic acids is 3. The van der Waals surface area contributed by atoms with Crippen LogP contribution in [0.15, 0.2) is 229 Å². The zero-order valence-electron chi connectivity index (χ0n) is 66.6. The van der Waals surface area contributed by atoms with Gasteiger partial charge in [-0.3, -0.25) is 5.32 Å². The summed E-state index contributed by atoms with van der Waals surface area (Å²) in [6.07, 6.45) is -7.56. The molecule has 630 valence electrons. The number of nitrogens with one attached hydrogen (secondary N) is 5. The van der Waals surface area contributed by atoms with Gasteiger partial charge in [-0.1, -0.05) is 121 Å². The summed E-state index contributed by atoms with van der Waals surface area (Å²) in [6.45, 7) is 7.06. The van der Waals surface area contributed by atoms with Crippen molar-refractivity contribution in [3.63, 3.8) is 0 Å². The monoisotopic (exact) mass is 1670 g/mol. The summed E-state index contributed by atoms with van der Waals surface area (Å²) in [4.78, 5) is 88.3. The number of carbonyl (C=O) groups is 3. The number of methoxy groups -OCH3 is 2. The maximum absolute atomic E-state index is 13.9. The SMILES string of the molecule is [C-]#[N+]CCO[PH](O)(OC[C@H]1OC(N2C=CC(NC(=O)CCCN(C)C(=O)OCC3c4ccccc4-c4ccccc43)=NC2O)CC1O)OC1C[C@H](n2cnc3c(=O)[nH]c(NC(O)CCNC(O)c4ccc(CNC(=O)OCC5c6ccccc6-c6ccccc65)cc4)nc32)OC1COC(c1ccccc1)(c1ccc(OC)cc1)c1ccc(OC)cc1. The number of amides is 3. The third-order valence-electron chi connectivity index (χ3n) is 22.2. The summed E-state index contributed by atoms with van der Waals surface area (Å²) in [5.74, 6) is 0.484. The second kappa shape index (κ2) is 38.3. The Balaban J connectivity index is 0.591. The molecule has 121 heavy (non-hydrogen) atoms. The molecule has 0 spiro atoms. The topological polar surface area (TPSA) is 380 Å². The molecule has 10 N–H and O–H groups in total.